The SMILES string of the molecule is CC1CNCC1CNCC(F)F. The zero-order valence-electron chi connectivity index (χ0n) is 7.32. The van der Waals surface area contributed by atoms with Gasteiger partial charge in [0.15, 0.2) is 0 Å². The monoisotopic (exact) mass is 178 g/mol. The summed E-state index contributed by atoms with van der Waals surface area (Å²) >= 11 is 0. The minimum Gasteiger partial charge on any atom is -0.316 e. The normalized spacial score (nSPS) is 30.0. The lowest BCUT2D eigenvalue weighted by Gasteiger charge is -2.14. The molecule has 1 saturated heterocycles. The molecule has 2 unspecified atom stereocenters. The third kappa shape index (κ3) is 3.03. The van der Waals surface area contributed by atoms with Gasteiger partial charge in [0.25, 0.3) is 6.43 Å². The van der Waals surface area contributed by atoms with Crippen LogP contribution in [0.4, 0.5) is 8.78 Å². The van der Waals surface area contributed by atoms with E-state index < -0.39 is 6.43 Å². The van der Waals surface area contributed by atoms with Gasteiger partial charge in [-0.05, 0) is 31.5 Å². The Morgan fingerprint density at radius 2 is 2.25 bits per heavy atom. The van der Waals surface area contributed by atoms with Gasteiger partial charge in [-0.2, -0.15) is 0 Å². The third-order valence-corrected chi connectivity index (χ3v) is 2.38. The van der Waals surface area contributed by atoms with Gasteiger partial charge in [0.2, 0.25) is 0 Å². The van der Waals surface area contributed by atoms with E-state index in [9.17, 15) is 8.78 Å². The molecular weight excluding hydrogens is 162 g/mol. The van der Waals surface area contributed by atoms with E-state index in [4.69, 9.17) is 0 Å². The highest BCUT2D eigenvalue weighted by Crippen LogP contribution is 2.14. The number of rotatable bonds is 4. The van der Waals surface area contributed by atoms with E-state index in [1.807, 2.05) is 0 Å². The lowest BCUT2D eigenvalue weighted by atomic mass is 9.98. The van der Waals surface area contributed by atoms with Crippen molar-refractivity contribution >= 4 is 0 Å². The lowest BCUT2D eigenvalue weighted by molar-refractivity contribution is 0.143. The molecule has 4 heteroatoms. The molecule has 0 amide bonds. The topological polar surface area (TPSA) is 24.1 Å². The molecule has 1 rings (SSSR count). The molecule has 12 heavy (non-hydrogen) atoms. The zero-order chi connectivity index (χ0) is 8.97. The Morgan fingerprint density at radius 3 is 2.75 bits per heavy atom. The molecule has 1 fully saturated rings. The Labute approximate surface area is 71.7 Å². The van der Waals surface area contributed by atoms with Crippen molar-refractivity contribution in [3.05, 3.63) is 0 Å². The van der Waals surface area contributed by atoms with E-state index in [0.29, 0.717) is 18.4 Å². The Balaban J connectivity index is 2.06. The van der Waals surface area contributed by atoms with Gasteiger partial charge in [-0.3, -0.25) is 0 Å². The first-order valence-corrected chi connectivity index (χ1v) is 4.39. The molecule has 1 heterocycles. The van der Waals surface area contributed by atoms with Gasteiger partial charge in [0.05, 0.1) is 6.54 Å². The Kier molecular flexibility index (Phi) is 3.88. The molecule has 0 aromatic heterocycles. The summed E-state index contributed by atoms with van der Waals surface area (Å²) in [4.78, 5) is 0. The maximum absolute atomic E-state index is 11.7. The molecule has 0 aromatic carbocycles. The van der Waals surface area contributed by atoms with Crippen LogP contribution < -0.4 is 10.6 Å². The van der Waals surface area contributed by atoms with Crippen LogP contribution in [0.2, 0.25) is 0 Å². The van der Waals surface area contributed by atoms with Crippen molar-refractivity contribution in [2.75, 3.05) is 26.2 Å². The molecule has 1 aliphatic heterocycles. The van der Waals surface area contributed by atoms with Crippen molar-refractivity contribution < 1.29 is 8.78 Å². The molecule has 0 radical (unpaired) electrons. The quantitative estimate of drug-likeness (QED) is 0.662. The van der Waals surface area contributed by atoms with E-state index in [1.54, 1.807) is 0 Å². The van der Waals surface area contributed by atoms with Gasteiger partial charge in [0, 0.05) is 0 Å². The largest absolute Gasteiger partial charge is 0.316 e. The smallest absolute Gasteiger partial charge is 0.250 e. The van der Waals surface area contributed by atoms with E-state index in [1.165, 1.54) is 0 Å². The van der Waals surface area contributed by atoms with Gasteiger partial charge >= 0.3 is 0 Å². The van der Waals surface area contributed by atoms with E-state index in [0.717, 1.165) is 13.1 Å². The van der Waals surface area contributed by atoms with Crippen LogP contribution in [0.3, 0.4) is 0 Å². The summed E-state index contributed by atoms with van der Waals surface area (Å²) in [7, 11) is 0. The van der Waals surface area contributed by atoms with Gasteiger partial charge in [-0.15, -0.1) is 0 Å². The van der Waals surface area contributed by atoms with E-state index in [2.05, 4.69) is 17.6 Å². The summed E-state index contributed by atoms with van der Waals surface area (Å²) in [5.74, 6) is 1.12. The van der Waals surface area contributed by atoms with E-state index >= 15 is 0 Å². The highest BCUT2D eigenvalue weighted by Gasteiger charge is 2.22. The standard InChI is InChI=1S/C8H16F2N2/c1-6-2-11-3-7(6)4-12-5-8(9)10/h6-8,11-12H,2-5H2,1H3. The summed E-state index contributed by atoms with van der Waals surface area (Å²) in [6, 6.07) is 0. The number of hydrogen-bond acceptors (Lipinski definition) is 2. The fourth-order valence-corrected chi connectivity index (χ4v) is 1.52. The molecule has 2 N–H and O–H groups in total. The molecule has 0 aliphatic carbocycles. The highest BCUT2D eigenvalue weighted by molar-refractivity contribution is 4.79. The van der Waals surface area contributed by atoms with Crippen LogP contribution in [0.25, 0.3) is 0 Å². The van der Waals surface area contributed by atoms with Crippen molar-refractivity contribution in [2.24, 2.45) is 11.8 Å². The van der Waals surface area contributed by atoms with Gasteiger partial charge < -0.3 is 10.6 Å². The first-order valence-electron chi connectivity index (χ1n) is 4.39. The van der Waals surface area contributed by atoms with Crippen molar-refractivity contribution in [3.8, 4) is 0 Å². The molecular formula is C8H16F2N2. The van der Waals surface area contributed by atoms with Crippen LogP contribution in [0, 0.1) is 11.8 Å². The molecule has 0 aromatic rings. The van der Waals surface area contributed by atoms with Crippen LogP contribution in [0.15, 0.2) is 0 Å². The first kappa shape index (κ1) is 9.86. The molecule has 72 valence electrons. The summed E-state index contributed by atoms with van der Waals surface area (Å²) in [6.45, 7) is 4.65. The molecule has 2 atom stereocenters. The van der Waals surface area contributed by atoms with Crippen LogP contribution in [-0.2, 0) is 0 Å². The second-order valence-corrected chi connectivity index (χ2v) is 3.44. The molecule has 1 aliphatic rings. The minimum absolute atomic E-state index is 0.177. The van der Waals surface area contributed by atoms with Crippen molar-refractivity contribution in [1.82, 2.24) is 10.6 Å². The summed E-state index contributed by atoms with van der Waals surface area (Å²) in [6.07, 6.45) is -2.23. The Morgan fingerprint density at radius 1 is 1.50 bits per heavy atom. The fraction of sp³-hybridized carbons (Fsp3) is 1.00. The van der Waals surface area contributed by atoms with Gasteiger partial charge in [-0.1, -0.05) is 6.92 Å². The fourth-order valence-electron chi connectivity index (χ4n) is 1.52. The number of hydrogen-bond donors (Lipinski definition) is 2. The van der Waals surface area contributed by atoms with Crippen molar-refractivity contribution in [1.29, 1.82) is 0 Å². The van der Waals surface area contributed by atoms with Crippen LogP contribution in [0.1, 0.15) is 6.92 Å². The maximum Gasteiger partial charge on any atom is 0.250 e. The molecule has 2 nitrogen and oxygen atoms in total. The lowest BCUT2D eigenvalue weighted by Crippen LogP contribution is -2.30. The van der Waals surface area contributed by atoms with Crippen LogP contribution in [-0.4, -0.2) is 32.6 Å². The van der Waals surface area contributed by atoms with Crippen LogP contribution >= 0.6 is 0 Å². The van der Waals surface area contributed by atoms with Crippen LogP contribution in [0.5, 0.6) is 0 Å². The average molecular weight is 178 g/mol. The molecule has 0 saturated carbocycles. The predicted octanol–water partition coefficient (Wildman–Crippen LogP) is 0.697. The maximum atomic E-state index is 11.7. The average Bonchev–Trinajstić information content (AvgIpc) is 2.36. The van der Waals surface area contributed by atoms with Crippen molar-refractivity contribution in [3.63, 3.8) is 0 Å². The number of halogens is 2. The summed E-state index contributed by atoms with van der Waals surface area (Å²) < 4.78 is 23.5. The second kappa shape index (κ2) is 4.72. The third-order valence-electron chi connectivity index (χ3n) is 2.38. The summed E-state index contributed by atoms with van der Waals surface area (Å²) in [5, 5.41) is 6.00. The summed E-state index contributed by atoms with van der Waals surface area (Å²) in [5.41, 5.74) is 0. The molecule has 0 bridgehead atoms. The minimum atomic E-state index is -2.23. The van der Waals surface area contributed by atoms with Gasteiger partial charge in [0.1, 0.15) is 0 Å². The van der Waals surface area contributed by atoms with Gasteiger partial charge in [-0.25, -0.2) is 8.78 Å². The Bertz CT molecular complexity index is 130. The molecule has 0 spiro atoms. The highest BCUT2D eigenvalue weighted by atomic mass is 19.3. The predicted molar refractivity (Wildman–Crippen MR) is 44.4 cm³/mol. The Hall–Kier alpha value is -0.220. The van der Waals surface area contributed by atoms with Crippen molar-refractivity contribution in [2.45, 2.75) is 13.3 Å². The second-order valence-electron chi connectivity index (χ2n) is 3.44. The van der Waals surface area contributed by atoms with E-state index in [-0.39, 0.29) is 6.54 Å². The number of nitrogens with one attached hydrogen (secondary N) is 2. The number of alkyl halides is 2. The zero-order valence-corrected chi connectivity index (χ0v) is 7.32. The first-order chi connectivity index (χ1) is 5.70.